The molecule has 0 spiro atoms. The summed E-state index contributed by atoms with van der Waals surface area (Å²) in [5.74, 6) is -3.28. The largest absolute Gasteiger partial charge is 0.407 e. The number of rotatable bonds is 5. The van der Waals surface area contributed by atoms with Gasteiger partial charge in [0.2, 0.25) is 10.0 Å². The van der Waals surface area contributed by atoms with Crippen LogP contribution in [-0.2, 0) is 21.8 Å². The number of carbonyl (C=O) groups excluding carboxylic acids is 1. The molecule has 0 atom stereocenters. The van der Waals surface area contributed by atoms with Crippen LogP contribution in [0.1, 0.15) is 23.3 Å². The summed E-state index contributed by atoms with van der Waals surface area (Å²) in [6, 6.07) is 2.56. The fourth-order valence-corrected chi connectivity index (χ4v) is 4.88. The first-order valence-electron chi connectivity index (χ1n) is 9.07. The lowest BCUT2D eigenvalue weighted by Crippen LogP contribution is -2.61. The third-order valence-corrected chi connectivity index (χ3v) is 6.87. The third-order valence-electron chi connectivity index (χ3n) is 5.02. The molecule has 1 aromatic carbocycles. The quantitative estimate of drug-likeness (QED) is 0.484. The molecule has 0 saturated carbocycles. The highest BCUT2D eigenvalue weighted by Gasteiger charge is 2.57. The summed E-state index contributed by atoms with van der Waals surface area (Å²) in [6.07, 6.45) is -5.16. The number of carbonyl (C=O) groups is 1. The summed E-state index contributed by atoms with van der Waals surface area (Å²) in [7, 11) is -3.43. The Bertz CT molecular complexity index is 1140. The smallest absolute Gasteiger partial charge is 0.381 e. The zero-order chi connectivity index (χ0) is 23.9. The molecule has 1 aromatic heterocycles. The van der Waals surface area contributed by atoms with Crippen LogP contribution in [0.15, 0.2) is 29.3 Å². The molecule has 0 radical (unpaired) electrons. The number of halogens is 6. The lowest BCUT2D eigenvalue weighted by Gasteiger charge is -2.38. The lowest BCUT2D eigenvalue weighted by molar-refractivity contribution is -0.210. The van der Waals surface area contributed by atoms with Crippen LogP contribution in [0.4, 0.5) is 27.6 Å². The van der Waals surface area contributed by atoms with E-state index in [2.05, 4.69) is 5.32 Å². The molecule has 1 aliphatic rings. The highest BCUT2D eigenvalue weighted by Crippen LogP contribution is 2.39. The average molecular weight is 502 g/mol. The molecule has 2 N–H and O–H groups in total. The van der Waals surface area contributed by atoms with Crippen LogP contribution >= 0.6 is 11.6 Å². The maximum atomic E-state index is 14.0. The summed E-state index contributed by atoms with van der Waals surface area (Å²) in [5.41, 5.74) is -3.49. The van der Waals surface area contributed by atoms with Crippen molar-refractivity contribution in [2.24, 2.45) is 7.05 Å². The van der Waals surface area contributed by atoms with Crippen molar-refractivity contribution in [1.29, 1.82) is 0 Å². The maximum Gasteiger partial charge on any atom is 0.407 e. The number of nitrogens with one attached hydrogen (secondary N) is 2. The van der Waals surface area contributed by atoms with E-state index >= 15 is 0 Å². The second kappa shape index (κ2) is 8.61. The van der Waals surface area contributed by atoms with E-state index in [-0.39, 0.29) is 18.9 Å². The van der Waals surface area contributed by atoms with Crippen molar-refractivity contribution in [2.45, 2.75) is 29.5 Å². The van der Waals surface area contributed by atoms with Crippen LogP contribution in [0.2, 0.25) is 5.02 Å². The number of sulfonamides is 1. The van der Waals surface area contributed by atoms with E-state index in [1.54, 1.807) is 4.72 Å². The predicted molar refractivity (Wildman–Crippen MR) is 104 cm³/mol. The van der Waals surface area contributed by atoms with Crippen LogP contribution in [-0.4, -0.2) is 43.8 Å². The van der Waals surface area contributed by atoms with E-state index in [0.717, 1.165) is 29.0 Å². The maximum absolute atomic E-state index is 14.0. The zero-order valence-electron chi connectivity index (χ0n) is 16.4. The van der Waals surface area contributed by atoms with Gasteiger partial charge < -0.3 is 14.6 Å². The SMILES string of the molecule is Cn1cc(S(=O)(=O)NC2(C(F)(F)F)CCOCC2)cc1C(=O)Nc1ccc(F)c(Cl)c1F. The lowest BCUT2D eigenvalue weighted by atomic mass is 9.91. The van der Waals surface area contributed by atoms with Crippen LogP contribution in [0, 0.1) is 11.6 Å². The number of aryl methyl sites for hydroxylation is 1. The van der Waals surface area contributed by atoms with Gasteiger partial charge in [0, 0.05) is 26.5 Å². The molecule has 1 aliphatic heterocycles. The van der Waals surface area contributed by atoms with Crippen molar-refractivity contribution < 1.29 is 39.9 Å². The Labute approximate surface area is 184 Å². The molecule has 0 bridgehead atoms. The minimum Gasteiger partial charge on any atom is -0.381 e. The average Bonchev–Trinajstić information content (AvgIpc) is 3.11. The van der Waals surface area contributed by atoms with Crippen molar-refractivity contribution in [1.82, 2.24) is 9.29 Å². The number of nitrogens with zero attached hydrogens (tertiary/aromatic N) is 1. The second-order valence-electron chi connectivity index (χ2n) is 7.15. The summed E-state index contributed by atoms with van der Waals surface area (Å²) in [6.45, 7) is -0.563. The Morgan fingerprint density at radius 1 is 1.22 bits per heavy atom. The van der Waals surface area contributed by atoms with Gasteiger partial charge in [-0.05, 0) is 31.0 Å². The highest BCUT2D eigenvalue weighted by molar-refractivity contribution is 7.89. The van der Waals surface area contributed by atoms with Crippen molar-refractivity contribution in [3.63, 3.8) is 0 Å². The summed E-state index contributed by atoms with van der Waals surface area (Å²) >= 11 is 5.46. The van der Waals surface area contributed by atoms with E-state index in [9.17, 15) is 35.2 Å². The standard InChI is InChI=1S/C18H17ClF5N3O4S/c1-27-9-10(32(29,30)26-17(18(22,23)24)4-6-31-7-5-17)8-13(27)16(28)25-12-3-2-11(20)14(19)15(12)21/h2-3,8-9,26H,4-7H2,1H3,(H,25,28). The summed E-state index contributed by atoms with van der Waals surface area (Å²) in [4.78, 5) is 11.9. The number of benzene rings is 1. The molecule has 14 heteroatoms. The Hall–Kier alpha value is -2.22. The van der Waals surface area contributed by atoms with Gasteiger partial charge in [0.25, 0.3) is 5.91 Å². The fourth-order valence-electron chi connectivity index (χ4n) is 3.20. The first-order chi connectivity index (χ1) is 14.8. The molecule has 32 heavy (non-hydrogen) atoms. The molecular formula is C18H17ClF5N3O4S. The normalized spacial score (nSPS) is 16.7. The van der Waals surface area contributed by atoms with Gasteiger partial charge in [0.15, 0.2) is 5.82 Å². The molecule has 1 saturated heterocycles. The number of ether oxygens (including phenoxy) is 1. The molecule has 1 amide bonds. The Morgan fingerprint density at radius 2 is 1.84 bits per heavy atom. The van der Waals surface area contributed by atoms with Gasteiger partial charge in [-0.25, -0.2) is 17.2 Å². The third kappa shape index (κ3) is 4.60. The molecule has 2 aromatic rings. The monoisotopic (exact) mass is 501 g/mol. The van der Waals surface area contributed by atoms with E-state index in [1.165, 1.54) is 7.05 Å². The minimum atomic E-state index is -4.88. The summed E-state index contributed by atoms with van der Waals surface area (Å²) in [5, 5.41) is 1.26. The van der Waals surface area contributed by atoms with Crippen molar-refractivity contribution in [2.75, 3.05) is 18.5 Å². The number of anilines is 1. The molecule has 2 heterocycles. The molecule has 7 nitrogen and oxygen atoms in total. The van der Waals surface area contributed by atoms with Gasteiger partial charge in [-0.3, -0.25) is 4.79 Å². The van der Waals surface area contributed by atoms with Crippen LogP contribution in [0.5, 0.6) is 0 Å². The topological polar surface area (TPSA) is 89.4 Å². The predicted octanol–water partition coefficient (Wildman–Crippen LogP) is 3.60. The number of alkyl halides is 3. The Balaban J connectivity index is 1.88. The second-order valence-corrected chi connectivity index (χ2v) is 9.21. The van der Waals surface area contributed by atoms with Crippen LogP contribution < -0.4 is 10.0 Å². The zero-order valence-corrected chi connectivity index (χ0v) is 18.0. The Morgan fingerprint density at radius 3 is 2.44 bits per heavy atom. The van der Waals surface area contributed by atoms with Gasteiger partial charge in [-0.15, -0.1) is 0 Å². The van der Waals surface area contributed by atoms with Gasteiger partial charge in [0.1, 0.15) is 27.0 Å². The fraction of sp³-hybridized carbons (Fsp3) is 0.389. The van der Waals surface area contributed by atoms with E-state index < -0.39 is 67.7 Å². The van der Waals surface area contributed by atoms with Gasteiger partial charge >= 0.3 is 6.18 Å². The van der Waals surface area contributed by atoms with Crippen molar-refractivity contribution >= 4 is 33.2 Å². The van der Waals surface area contributed by atoms with Crippen LogP contribution in [0.3, 0.4) is 0 Å². The molecule has 0 aliphatic carbocycles. The van der Waals surface area contributed by atoms with E-state index in [0.29, 0.717) is 0 Å². The first kappa shape index (κ1) is 24.4. The number of hydrogen-bond acceptors (Lipinski definition) is 4. The minimum absolute atomic E-state index is 0.281. The number of hydrogen-bond donors (Lipinski definition) is 2. The number of amides is 1. The van der Waals surface area contributed by atoms with Gasteiger partial charge in [-0.1, -0.05) is 11.6 Å². The van der Waals surface area contributed by atoms with Crippen molar-refractivity contribution in [3.05, 3.63) is 46.7 Å². The van der Waals surface area contributed by atoms with Crippen LogP contribution in [0.25, 0.3) is 0 Å². The molecular weight excluding hydrogens is 485 g/mol. The van der Waals surface area contributed by atoms with Gasteiger partial charge in [0.05, 0.1) is 5.69 Å². The molecule has 1 fully saturated rings. The first-order valence-corrected chi connectivity index (χ1v) is 10.9. The van der Waals surface area contributed by atoms with E-state index in [4.69, 9.17) is 16.3 Å². The van der Waals surface area contributed by atoms with Crippen molar-refractivity contribution in [3.8, 4) is 0 Å². The molecule has 176 valence electrons. The van der Waals surface area contributed by atoms with E-state index in [1.807, 2.05) is 0 Å². The summed E-state index contributed by atoms with van der Waals surface area (Å²) < 4.78 is 101. The Kier molecular flexibility index (Phi) is 6.57. The number of aromatic nitrogens is 1. The molecule has 0 unspecified atom stereocenters. The highest BCUT2D eigenvalue weighted by atomic mass is 35.5. The molecule has 3 rings (SSSR count). The van der Waals surface area contributed by atoms with Gasteiger partial charge in [-0.2, -0.15) is 17.9 Å².